The maximum Gasteiger partial charge on any atom is 0.344 e. The van der Waals surface area contributed by atoms with E-state index in [0.717, 1.165) is 0 Å². The van der Waals surface area contributed by atoms with Crippen LogP contribution >= 0.6 is 23.2 Å². The van der Waals surface area contributed by atoms with Crippen molar-refractivity contribution in [2.24, 2.45) is 0 Å². The van der Waals surface area contributed by atoms with Gasteiger partial charge in [0.05, 0.1) is 15.6 Å². The lowest BCUT2D eigenvalue weighted by atomic mass is 10.2. The van der Waals surface area contributed by atoms with E-state index in [0.29, 0.717) is 27.1 Å². The van der Waals surface area contributed by atoms with Gasteiger partial charge >= 0.3 is 5.97 Å². The number of nitrogens with zero attached hydrogens (tertiary/aromatic N) is 1. The highest BCUT2D eigenvalue weighted by molar-refractivity contribution is 6.37. The molecule has 0 unspecified atom stereocenters. The Morgan fingerprint density at radius 2 is 1.71 bits per heavy atom. The molecule has 2 aromatic rings. The molecule has 7 heteroatoms. The Bertz CT molecular complexity index is 738. The van der Waals surface area contributed by atoms with E-state index in [1.165, 1.54) is 0 Å². The Morgan fingerprint density at radius 3 is 2.42 bits per heavy atom. The minimum atomic E-state index is -0.573. The zero-order valence-corrected chi connectivity index (χ0v) is 14.0. The minimum Gasteiger partial charge on any atom is -0.487 e. The number of carbonyl (C=O) groups excluding carboxylic acids is 1. The molecule has 0 fully saturated rings. The highest BCUT2D eigenvalue weighted by Crippen LogP contribution is 2.32. The predicted molar refractivity (Wildman–Crippen MR) is 89.6 cm³/mol. The van der Waals surface area contributed by atoms with Crippen LogP contribution in [0.25, 0.3) is 0 Å². The van der Waals surface area contributed by atoms with Crippen LogP contribution < -0.4 is 9.47 Å². The summed E-state index contributed by atoms with van der Waals surface area (Å²) in [6.07, 6.45) is 0. The average Bonchev–Trinajstić information content (AvgIpc) is 2.59. The minimum absolute atomic E-state index is 0.0175. The highest BCUT2D eigenvalue weighted by atomic mass is 35.5. The lowest BCUT2D eigenvalue weighted by Crippen LogP contribution is -2.18. The van der Waals surface area contributed by atoms with Gasteiger partial charge in [-0.25, -0.2) is 4.79 Å². The summed E-state index contributed by atoms with van der Waals surface area (Å²) in [6, 6.07) is 13.6. The van der Waals surface area contributed by atoms with Gasteiger partial charge in [-0.2, -0.15) is 5.26 Å². The number of esters is 1. The summed E-state index contributed by atoms with van der Waals surface area (Å²) in [5.41, 5.74) is 0.349. The van der Waals surface area contributed by atoms with Crippen LogP contribution in [0.3, 0.4) is 0 Å². The molecule has 0 radical (unpaired) electrons. The van der Waals surface area contributed by atoms with E-state index in [1.807, 2.05) is 6.07 Å². The molecule has 0 atom stereocenters. The van der Waals surface area contributed by atoms with Crippen molar-refractivity contribution in [1.29, 1.82) is 5.26 Å². The molecule has 0 bridgehead atoms. The van der Waals surface area contributed by atoms with Gasteiger partial charge in [-0.3, -0.25) is 0 Å². The summed E-state index contributed by atoms with van der Waals surface area (Å²) in [4.78, 5) is 11.6. The van der Waals surface area contributed by atoms with Gasteiger partial charge in [-0.15, -0.1) is 0 Å². The fraction of sp³-hybridized carbons (Fsp3) is 0.176. The van der Waals surface area contributed by atoms with Crippen LogP contribution in [0.1, 0.15) is 5.56 Å². The monoisotopic (exact) mass is 365 g/mol. The molecule has 0 saturated heterocycles. The third-order valence-corrected chi connectivity index (χ3v) is 3.46. The van der Waals surface area contributed by atoms with E-state index in [2.05, 4.69) is 0 Å². The van der Waals surface area contributed by atoms with Gasteiger partial charge in [-0.05, 0) is 24.3 Å². The number of carbonyl (C=O) groups is 1. The molecule has 0 heterocycles. The van der Waals surface area contributed by atoms with Crippen molar-refractivity contribution < 1.29 is 19.0 Å². The first-order valence-corrected chi connectivity index (χ1v) is 7.71. The van der Waals surface area contributed by atoms with Gasteiger partial charge in [0.1, 0.15) is 25.0 Å². The average molecular weight is 366 g/mol. The molecule has 2 aromatic carbocycles. The van der Waals surface area contributed by atoms with Crippen LogP contribution in [-0.2, 0) is 9.53 Å². The van der Waals surface area contributed by atoms with Crippen molar-refractivity contribution in [1.82, 2.24) is 0 Å². The second kappa shape index (κ2) is 9.02. The largest absolute Gasteiger partial charge is 0.487 e. The quantitative estimate of drug-likeness (QED) is 0.550. The first-order chi connectivity index (χ1) is 11.6. The maximum absolute atomic E-state index is 11.6. The standard InChI is InChI=1S/C17H13Cl2NO4/c18-13-5-3-6-14(19)17(13)23-9-8-22-16(21)11-24-15-7-2-1-4-12(15)10-20/h1-7H,8-9,11H2. The molecule has 2 rings (SSSR count). The second-order valence-electron chi connectivity index (χ2n) is 4.52. The van der Waals surface area contributed by atoms with Gasteiger partial charge in [0.25, 0.3) is 0 Å². The maximum atomic E-state index is 11.6. The third kappa shape index (κ3) is 5.05. The van der Waals surface area contributed by atoms with Crippen LogP contribution in [0.4, 0.5) is 0 Å². The van der Waals surface area contributed by atoms with Gasteiger partial charge in [-0.1, -0.05) is 41.4 Å². The topological polar surface area (TPSA) is 68.5 Å². The smallest absolute Gasteiger partial charge is 0.344 e. The molecule has 5 nitrogen and oxygen atoms in total. The van der Waals surface area contributed by atoms with Crippen molar-refractivity contribution in [2.45, 2.75) is 0 Å². The van der Waals surface area contributed by atoms with Crippen molar-refractivity contribution in [3.8, 4) is 17.6 Å². The van der Waals surface area contributed by atoms with Gasteiger partial charge < -0.3 is 14.2 Å². The SMILES string of the molecule is N#Cc1ccccc1OCC(=O)OCCOc1c(Cl)cccc1Cl. The summed E-state index contributed by atoms with van der Waals surface area (Å²) in [6.45, 7) is -0.181. The van der Waals surface area contributed by atoms with E-state index in [1.54, 1.807) is 42.5 Å². The number of ether oxygens (including phenoxy) is 3. The summed E-state index contributed by atoms with van der Waals surface area (Å²) < 4.78 is 15.6. The second-order valence-corrected chi connectivity index (χ2v) is 5.33. The van der Waals surface area contributed by atoms with Gasteiger partial charge in [0.15, 0.2) is 12.4 Å². The number of hydrogen-bond acceptors (Lipinski definition) is 5. The van der Waals surface area contributed by atoms with Crippen molar-refractivity contribution >= 4 is 29.2 Å². The first kappa shape index (κ1) is 17.9. The Morgan fingerprint density at radius 1 is 1.00 bits per heavy atom. The van der Waals surface area contributed by atoms with Crippen molar-refractivity contribution in [3.63, 3.8) is 0 Å². The summed E-state index contributed by atoms with van der Waals surface area (Å²) in [5.74, 6) is 0.101. The van der Waals surface area contributed by atoms with E-state index >= 15 is 0 Å². The Labute approximate surface area is 149 Å². The van der Waals surface area contributed by atoms with Crippen molar-refractivity contribution in [2.75, 3.05) is 19.8 Å². The molecular weight excluding hydrogens is 353 g/mol. The van der Waals surface area contributed by atoms with Crippen LogP contribution in [0.15, 0.2) is 42.5 Å². The van der Waals surface area contributed by atoms with Crippen LogP contribution in [0.5, 0.6) is 11.5 Å². The lowest BCUT2D eigenvalue weighted by Gasteiger charge is -2.10. The molecule has 124 valence electrons. The first-order valence-electron chi connectivity index (χ1n) is 6.96. The molecule has 0 amide bonds. The van der Waals surface area contributed by atoms with Crippen LogP contribution in [-0.4, -0.2) is 25.8 Å². The fourth-order valence-electron chi connectivity index (χ4n) is 1.78. The molecule has 0 aliphatic heterocycles. The van der Waals surface area contributed by atoms with Crippen LogP contribution in [0, 0.1) is 11.3 Å². The van der Waals surface area contributed by atoms with E-state index in [9.17, 15) is 4.79 Å². The summed E-state index contributed by atoms with van der Waals surface area (Å²) >= 11 is 11.9. The number of para-hydroxylation sites is 2. The number of benzene rings is 2. The third-order valence-electron chi connectivity index (χ3n) is 2.86. The van der Waals surface area contributed by atoms with E-state index in [-0.39, 0.29) is 19.8 Å². The molecule has 0 aliphatic carbocycles. The van der Waals surface area contributed by atoms with Crippen molar-refractivity contribution in [3.05, 3.63) is 58.1 Å². The predicted octanol–water partition coefficient (Wildman–Crippen LogP) is 3.87. The number of halogens is 2. The molecular formula is C17H13Cl2NO4. The van der Waals surface area contributed by atoms with E-state index in [4.69, 9.17) is 42.7 Å². The lowest BCUT2D eigenvalue weighted by molar-refractivity contribution is -0.146. The molecule has 0 saturated carbocycles. The fourth-order valence-corrected chi connectivity index (χ4v) is 2.29. The molecule has 0 aliphatic rings. The molecule has 0 spiro atoms. The molecule has 0 N–H and O–H groups in total. The normalized spacial score (nSPS) is 9.88. The van der Waals surface area contributed by atoms with E-state index < -0.39 is 5.97 Å². The number of nitriles is 1. The summed E-state index contributed by atoms with van der Waals surface area (Å²) in [5, 5.41) is 9.69. The Kier molecular flexibility index (Phi) is 6.74. The zero-order valence-electron chi connectivity index (χ0n) is 12.5. The van der Waals surface area contributed by atoms with Gasteiger partial charge in [0.2, 0.25) is 0 Å². The summed E-state index contributed by atoms with van der Waals surface area (Å²) in [7, 11) is 0. The number of rotatable bonds is 7. The highest BCUT2D eigenvalue weighted by Gasteiger charge is 2.09. The molecule has 24 heavy (non-hydrogen) atoms. The van der Waals surface area contributed by atoms with Gasteiger partial charge in [0, 0.05) is 0 Å². The Balaban J connectivity index is 1.73. The zero-order chi connectivity index (χ0) is 17.4. The number of hydrogen-bond donors (Lipinski definition) is 0. The Hall–Kier alpha value is -2.42. The van der Waals surface area contributed by atoms with Crippen LogP contribution in [0.2, 0.25) is 10.0 Å². The molecule has 0 aromatic heterocycles.